The minimum Gasteiger partial charge on any atom is -0.478 e. The molecule has 2 heterocycles. The van der Waals surface area contributed by atoms with E-state index in [4.69, 9.17) is 9.47 Å². The molecule has 6 nitrogen and oxygen atoms in total. The van der Waals surface area contributed by atoms with Gasteiger partial charge in [-0.15, -0.1) is 0 Å². The molecule has 2 aromatic carbocycles. The van der Waals surface area contributed by atoms with Crippen LogP contribution in [0.15, 0.2) is 42.5 Å². The summed E-state index contributed by atoms with van der Waals surface area (Å²) in [6.45, 7) is 7.95. The molecule has 0 spiro atoms. The van der Waals surface area contributed by atoms with Crippen molar-refractivity contribution in [2.24, 2.45) is 0 Å². The van der Waals surface area contributed by atoms with Crippen LogP contribution in [-0.4, -0.2) is 22.4 Å². The van der Waals surface area contributed by atoms with Gasteiger partial charge in [-0.1, -0.05) is 30.3 Å². The van der Waals surface area contributed by atoms with Crippen LogP contribution in [0.3, 0.4) is 0 Å². The zero-order valence-electron chi connectivity index (χ0n) is 17.5. The predicted molar refractivity (Wildman–Crippen MR) is 114 cm³/mol. The molecular weight excluding hydrogens is 380 g/mol. The molecule has 30 heavy (non-hydrogen) atoms. The number of carbonyl (C=O) groups is 1. The number of nitrogens with one attached hydrogen (secondary N) is 1. The predicted octanol–water partition coefficient (Wildman–Crippen LogP) is 4.18. The van der Waals surface area contributed by atoms with Gasteiger partial charge in [-0.25, -0.2) is 4.79 Å². The Bertz CT molecular complexity index is 1100. The second-order valence-corrected chi connectivity index (χ2v) is 7.63. The minimum absolute atomic E-state index is 0.251. The van der Waals surface area contributed by atoms with Gasteiger partial charge in [0.05, 0.1) is 5.56 Å². The third-order valence-electron chi connectivity index (χ3n) is 5.78. The largest absolute Gasteiger partial charge is 0.478 e. The topological polar surface area (TPSA) is 72.7 Å². The second kappa shape index (κ2) is 8.24. The molecule has 0 bridgehead atoms. The molecule has 1 aliphatic heterocycles. The highest BCUT2D eigenvalue weighted by atomic mass is 16.7. The van der Waals surface area contributed by atoms with Gasteiger partial charge in [-0.3, -0.25) is 0 Å². The van der Waals surface area contributed by atoms with E-state index in [0.717, 1.165) is 34.0 Å². The average Bonchev–Trinajstić information content (AvgIpc) is 3.27. The Kier molecular flexibility index (Phi) is 5.50. The van der Waals surface area contributed by atoms with Crippen LogP contribution in [0, 0.1) is 20.8 Å². The Morgan fingerprint density at radius 3 is 2.57 bits per heavy atom. The van der Waals surface area contributed by atoms with Crippen molar-refractivity contribution in [1.82, 2.24) is 9.88 Å². The lowest BCUT2D eigenvalue weighted by molar-refractivity contribution is 0.0694. The maximum atomic E-state index is 12.0. The van der Waals surface area contributed by atoms with Gasteiger partial charge in [0.25, 0.3) is 0 Å². The highest BCUT2D eigenvalue weighted by Gasteiger charge is 2.22. The number of benzene rings is 2. The first-order chi connectivity index (χ1) is 14.5. The van der Waals surface area contributed by atoms with Gasteiger partial charge in [-0.2, -0.15) is 0 Å². The van der Waals surface area contributed by atoms with E-state index in [1.54, 1.807) is 0 Å². The average molecular weight is 406 g/mol. The maximum Gasteiger partial charge on any atom is 0.337 e. The lowest BCUT2D eigenvalue weighted by Crippen LogP contribution is -2.15. The van der Waals surface area contributed by atoms with E-state index in [1.807, 2.05) is 44.2 Å². The summed E-state index contributed by atoms with van der Waals surface area (Å²) in [6.07, 6.45) is 0. The first kappa shape index (κ1) is 20.0. The molecule has 1 aliphatic rings. The molecule has 0 amide bonds. The van der Waals surface area contributed by atoms with Crippen molar-refractivity contribution >= 4 is 5.97 Å². The Balaban J connectivity index is 1.55. The summed E-state index contributed by atoms with van der Waals surface area (Å²) in [5.41, 5.74) is 6.42. The summed E-state index contributed by atoms with van der Waals surface area (Å²) in [7, 11) is 0. The molecule has 4 rings (SSSR count). The van der Waals surface area contributed by atoms with E-state index in [0.29, 0.717) is 25.2 Å². The maximum absolute atomic E-state index is 12.0. The normalized spacial score (nSPS) is 12.4. The van der Waals surface area contributed by atoms with Crippen LogP contribution in [0.5, 0.6) is 11.5 Å². The molecular formula is C24H26N2O4. The number of carboxylic acids is 1. The molecule has 156 valence electrons. The van der Waals surface area contributed by atoms with Crippen molar-refractivity contribution in [2.45, 2.75) is 40.4 Å². The Hall–Kier alpha value is -3.25. The van der Waals surface area contributed by atoms with Crippen molar-refractivity contribution in [3.63, 3.8) is 0 Å². The van der Waals surface area contributed by atoms with Crippen LogP contribution < -0.4 is 14.8 Å². The van der Waals surface area contributed by atoms with E-state index in [1.165, 1.54) is 11.1 Å². The molecule has 0 unspecified atom stereocenters. The van der Waals surface area contributed by atoms with E-state index < -0.39 is 5.97 Å². The summed E-state index contributed by atoms with van der Waals surface area (Å²) in [5, 5.41) is 13.2. The van der Waals surface area contributed by atoms with Crippen molar-refractivity contribution in [3.05, 3.63) is 81.7 Å². The summed E-state index contributed by atoms with van der Waals surface area (Å²) in [5.74, 6) is 0.614. The van der Waals surface area contributed by atoms with Crippen LogP contribution in [-0.2, 0) is 19.6 Å². The van der Waals surface area contributed by atoms with Gasteiger partial charge >= 0.3 is 5.97 Å². The van der Waals surface area contributed by atoms with Crippen LogP contribution >= 0.6 is 0 Å². The molecule has 1 aromatic heterocycles. The Morgan fingerprint density at radius 2 is 1.80 bits per heavy atom. The number of aromatic nitrogens is 1. The molecule has 6 heteroatoms. The quantitative estimate of drug-likeness (QED) is 0.616. The first-order valence-electron chi connectivity index (χ1n) is 10.0. The van der Waals surface area contributed by atoms with Crippen molar-refractivity contribution in [1.29, 1.82) is 0 Å². The molecule has 0 saturated heterocycles. The summed E-state index contributed by atoms with van der Waals surface area (Å²) >= 11 is 0. The molecule has 0 fully saturated rings. The van der Waals surface area contributed by atoms with E-state index in [-0.39, 0.29) is 6.79 Å². The number of carboxylic acid groups (broad SMARTS) is 1. The standard InChI is InChI=1S/C24H26N2O4/c1-15-6-4-5-7-19(15)13-26-16(2)20(23(17(26)3)24(27)28)12-25-11-18-8-9-21-22(10-18)30-14-29-21/h4-10,25H,11-14H2,1-3H3,(H,27,28). The smallest absolute Gasteiger partial charge is 0.337 e. The minimum atomic E-state index is -0.890. The summed E-state index contributed by atoms with van der Waals surface area (Å²) in [6, 6.07) is 14.0. The van der Waals surface area contributed by atoms with Crippen molar-refractivity contribution < 1.29 is 19.4 Å². The van der Waals surface area contributed by atoms with Gasteiger partial charge in [0.1, 0.15) is 0 Å². The number of rotatable bonds is 7. The van der Waals surface area contributed by atoms with Gasteiger partial charge in [0.2, 0.25) is 6.79 Å². The van der Waals surface area contributed by atoms with Crippen molar-refractivity contribution in [2.75, 3.05) is 6.79 Å². The van der Waals surface area contributed by atoms with Gasteiger partial charge in [-0.05, 0) is 49.6 Å². The summed E-state index contributed by atoms with van der Waals surface area (Å²) in [4.78, 5) is 12.0. The monoisotopic (exact) mass is 406 g/mol. The third-order valence-corrected chi connectivity index (χ3v) is 5.78. The van der Waals surface area contributed by atoms with Gasteiger partial charge in [0.15, 0.2) is 11.5 Å². The number of aromatic carboxylic acids is 1. The van der Waals surface area contributed by atoms with Crippen LogP contribution in [0.25, 0.3) is 0 Å². The number of hydrogen-bond donors (Lipinski definition) is 2. The second-order valence-electron chi connectivity index (χ2n) is 7.63. The molecule has 0 aliphatic carbocycles. The van der Waals surface area contributed by atoms with E-state index in [2.05, 4.69) is 28.9 Å². The fourth-order valence-electron chi connectivity index (χ4n) is 4.03. The highest BCUT2D eigenvalue weighted by molar-refractivity contribution is 5.91. The summed E-state index contributed by atoms with van der Waals surface area (Å²) < 4.78 is 12.9. The van der Waals surface area contributed by atoms with E-state index in [9.17, 15) is 9.90 Å². The van der Waals surface area contributed by atoms with Gasteiger partial charge in [0, 0.05) is 36.6 Å². The zero-order chi connectivity index (χ0) is 21.3. The Labute approximate surface area is 176 Å². The fourth-order valence-corrected chi connectivity index (χ4v) is 4.03. The van der Waals surface area contributed by atoms with E-state index >= 15 is 0 Å². The molecule has 3 aromatic rings. The third kappa shape index (κ3) is 3.78. The molecule has 0 radical (unpaired) electrons. The Morgan fingerprint density at radius 1 is 1.03 bits per heavy atom. The number of nitrogens with zero attached hydrogens (tertiary/aromatic N) is 1. The first-order valence-corrected chi connectivity index (χ1v) is 10.0. The molecule has 2 N–H and O–H groups in total. The van der Waals surface area contributed by atoms with Crippen LogP contribution in [0.2, 0.25) is 0 Å². The van der Waals surface area contributed by atoms with Gasteiger partial charge < -0.3 is 24.5 Å². The van der Waals surface area contributed by atoms with Crippen LogP contribution in [0.4, 0.5) is 0 Å². The molecule has 0 atom stereocenters. The number of aryl methyl sites for hydroxylation is 1. The highest BCUT2D eigenvalue weighted by Crippen LogP contribution is 2.32. The van der Waals surface area contributed by atoms with Crippen molar-refractivity contribution in [3.8, 4) is 11.5 Å². The zero-order valence-corrected chi connectivity index (χ0v) is 17.5. The number of fused-ring (bicyclic) bond motifs is 1. The molecule has 0 saturated carbocycles. The SMILES string of the molecule is Cc1ccccc1Cn1c(C)c(CNCc2ccc3c(c2)OCO3)c(C(=O)O)c1C. The number of hydrogen-bond acceptors (Lipinski definition) is 4. The fraction of sp³-hybridized carbons (Fsp3) is 0.292. The lowest BCUT2D eigenvalue weighted by Gasteiger charge is -2.12. The van der Waals surface area contributed by atoms with Crippen LogP contribution in [0.1, 0.15) is 44.0 Å². The number of ether oxygens (including phenoxy) is 2. The lowest BCUT2D eigenvalue weighted by atomic mass is 10.1.